The predicted octanol–water partition coefficient (Wildman–Crippen LogP) is 2.52. The first-order chi connectivity index (χ1) is 9.11. The molecule has 0 radical (unpaired) electrons. The van der Waals surface area contributed by atoms with Crippen LogP contribution >= 0.6 is 0 Å². The molecular weight excluding hydrogens is 245 g/mol. The summed E-state index contributed by atoms with van der Waals surface area (Å²) in [4.78, 5) is 18.2. The molecule has 1 fully saturated rings. The summed E-state index contributed by atoms with van der Waals surface area (Å²) in [5.41, 5.74) is 0.317. The number of halogens is 1. The van der Waals surface area contributed by atoms with E-state index in [2.05, 4.69) is 17.2 Å². The van der Waals surface area contributed by atoms with E-state index in [0.29, 0.717) is 17.3 Å². The molecule has 0 aromatic carbocycles. The van der Waals surface area contributed by atoms with Gasteiger partial charge in [-0.15, -0.1) is 0 Å². The summed E-state index contributed by atoms with van der Waals surface area (Å²) in [6, 6.07) is 1.26. The molecule has 1 aliphatic heterocycles. The molecule has 0 bridgehead atoms. The number of nitrogens with one attached hydrogen (secondary N) is 1. The van der Waals surface area contributed by atoms with Gasteiger partial charge in [0.25, 0.3) is 5.91 Å². The minimum Gasteiger partial charge on any atom is -0.372 e. The van der Waals surface area contributed by atoms with Crippen molar-refractivity contribution in [2.75, 3.05) is 25.5 Å². The molecule has 1 saturated heterocycles. The zero-order chi connectivity index (χ0) is 13.8. The van der Waals surface area contributed by atoms with E-state index in [1.54, 1.807) is 11.9 Å². The van der Waals surface area contributed by atoms with Crippen molar-refractivity contribution in [2.24, 2.45) is 5.92 Å². The lowest BCUT2D eigenvalue weighted by Crippen LogP contribution is -2.32. The average molecular weight is 265 g/mol. The third-order valence-electron chi connectivity index (χ3n) is 3.63. The summed E-state index contributed by atoms with van der Waals surface area (Å²) in [6.07, 6.45) is 4.27. The van der Waals surface area contributed by atoms with E-state index in [-0.39, 0.29) is 5.91 Å². The minimum atomic E-state index is -0.481. The largest absolute Gasteiger partial charge is 0.372 e. The Morgan fingerprint density at radius 2 is 2.26 bits per heavy atom. The van der Waals surface area contributed by atoms with Crippen LogP contribution in [-0.4, -0.2) is 35.9 Å². The number of hydrogen-bond donors (Lipinski definition) is 1. The van der Waals surface area contributed by atoms with Gasteiger partial charge < -0.3 is 10.2 Å². The summed E-state index contributed by atoms with van der Waals surface area (Å²) in [5, 5.41) is 2.84. The Morgan fingerprint density at radius 3 is 3.00 bits per heavy atom. The Bertz CT molecular complexity index is 464. The number of anilines is 1. The van der Waals surface area contributed by atoms with Crippen LogP contribution in [0.4, 0.5) is 10.2 Å². The molecule has 1 aromatic rings. The SMILES string of the molecule is CNc1ncc(F)cc1C(=O)N1CCCC(C)CC1. The Kier molecular flexibility index (Phi) is 4.35. The molecule has 5 heteroatoms. The lowest BCUT2D eigenvalue weighted by atomic mass is 10.0. The average Bonchev–Trinajstić information content (AvgIpc) is 2.62. The third-order valence-corrected chi connectivity index (χ3v) is 3.63. The number of nitrogens with zero attached hydrogens (tertiary/aromatic N) is 2. The zero-order valence-corrected chi connectivity index (χ0v) is 11.4. The fourth-order valence-electron chi connectivity index (χ4n) is 2.44. The van der Waals surface area contributed by atoms with Gasteiger partial charge in [0.15, 0.2) is 0 Å². The summed E-state index contributed by atoms with van der Waals surface area (Å²) in [6.45, 7) is 3.68. The van der Waals surface area contributed by atoms with Crippen LogP contribution in [0.15, 0.2) is 12.3 Å². The molecule has 1 aromatic heterocycles. The smallest absolute Gasteiger partial charge is 0.257 e. The molecule has 1 atom stereocenters. The van der Waals surface area contributed by atoms with Crippen molar-refractivity contribution in [2.45, 2.75) is 26.2 Å². The highest BCUT2D eigenvalue weighted by Gasteiger charge is 2.22. The number of pyridine rings is 1. The number of carbonyl (C=O) groups is 1. The van der Waals surface area contributed by atoms with Gasteiger partial charge in [-0.1, -0.05) is 6.92 Å². The van der Waals surface area contributed by atoms with E-state index in [1.807, 2.05) is 0 Å². The van der Waals surface area contributed by atoms with Crippen LogP contribution < -0.4 is 5.32 Å². The molecule has 1 N–H and O–H groups in total. The van der Waals surface area contributed by atoms with Crippen LogP contribution in [0.25, 0.3) is 0 Å². The number of likely N-dealkylation sites (tertiary alicyclic amines) is 1. The second kappa shape index (κ2) is 5.99. The lowest BCUT2D eigenvalue weighted by molar-refractivity contribution is 0.0760. The molecule has 0 aliphatic carbocycles. The van der Waals surface area contributed by atoms with E-state index in [9.17, 15) is 9.18 Å². The maximum absolute atomic E-state index is 13.3. The van der Waals surface area contributed by atoms with Crippen molar-refractivity contribution < 1.29 is 9.18 Å². The van der Waals surface area contributed by atoms with Crippen LogP contribution in [0.5, 0.6) is 0 Å². The summed E-state index contributed by atoms with van der Waals surface area (Å²) in [7, 11) is 1.68. The molecule has 0 saturated carbocycles. The van der Waals surface area contributed by atoms with Gasteiger partial charge in [-0.3, -0.25) is 4.79 Å². The van der Waals surface area contributed by atoms with Gasteiger partial charge in [0.1, 0.15) is 11.6 Å². The number of amides is 1. The molecule has 1 aliphatic rings. The summed E-state index contributed by atoms with van der Waals surface area (Å²) < 4.78 is 13.3. The lowest BCUT2D eigenvalue weighted by Gasteiger charge is -2.21. The monoisotopic (exact) mass is 265 g/mol. The molecule has 0 spiro atoms. The molecule has 2 rings (SSSR count). The van der Waals surface area contributed by atoms with Gasteiger partial charge in [-0.2, -0.15) is 0 Å². The summed E-state index contributed by atoms with van der Waals surface area (Å²) >= 11 is 0. The predicted molar refractivity (Wildman–Crippen MR) is 72.7 cm³/mol. The molecular formula is C14H20FN3O. The fourth-order valence-corrected chi connectivity index (χ4v) is 2.44. The van der Waals surface area contributed by atoms with E-state index in [4.69, 9.17) is 0 Å². The number of hydrogen-bond acceptors (Lipinski definition) is 3. The Labute approximate surface area is 113 Å². The second-order valence-corrected chi connectivity index (χ2v) is 5.13. The van der Waals surface area contributed by atoms with E-state index in [0.717, 1.165) is 38.5 Å². The second-order valence-electron chi connectivity index (χ2n) is 5.13. The normalized spacial score (nSPS) is 19.9. The first kappa shape index (κ1) is 13.8. The number of carbonyl (C=O) groups excluding carboxylic acids is 1. The van der Waals surface area contributed by atoms with Crippen molar-refractivity contribution in [3.63, 3.8) is 0 Å². The zero-order valence-electron chi connectivity index (χ0n) is 11.4. The highest BCUT2D eigenvalue weighted by atomic mass is 19.1. The molecule has 1 amide bonds. The first-order valence-electron chi connectivity index (χ1n) is 6.74. The van der Waals surface area contributed by atoms with Crippen LogP contribution in [0.2, 0.25) is 0 Å². The molecule has 2 heterocycles. The number of rotatable bonds is 2. The van der Waals surface area contributed by atoms with E-state index >= 15 is 0 Å². The molecule has 19 heavy (non-hydrogen) atoms. The quantitative estimate of drug-likeness (QED) is 0.893. The minimum absolute atomic E-state index is 0.134. The molecule has 4 nitrogen and oxygen atoms in total. The van der Waals surface area contributed by atoms with Crippen LogP contribution in [0.3, 0.4) is 0 Å². The molecule has 1 unspecified atom stereocenters. The highest BCUT2D eigenvalue weighted by Crippen LogP contribution is 2.21. The Balaban J connectivity index is 2.21. The van der Waals surface area contributed by atoms with Gasteiger partial charge in [-0.25, -0.2) is 9.37 Å². The van der Waals surface area contributed by atoms with Crippen molar-refractivity contribution in [1.82, 2.24) is 9.88 Å². The van der Waals surface area contributed by atoms with E-state index in [1.165, 1.54) is 6.07 Å². The third kappa shape index (κ3) is 3.22. The maximum Gasteiger partial charge on any atom is 0.257 e. The van der Waals surface area contributed by atoms with Crippen LogP contribution in [0, 0.1) is 11.7 Å². The van der Waals surface area contributed by atoms with Crippen molar-refractivity contribution in [1.29, 1.82) is 0 Å². The van der Waals surface area contributed by atoms with Gasteiger partial charge in [0.05, 0.1) is 11.8 Å². The van der Waals surface area contributed by atoms with Gasteiger partial charge in [-0.05, 0) is 31.2 Å². The van der Waals surface area contributed by atoms with Crippen molar-refractivity contribution in [3.8, 4) is 0 Å². The first-order valence-corrected chi connectivity index (χ1v) is 6.74. The Morgan fingerprint density at radius 1 is 1.47 bits per heavy atom. The molecule has 104 valence electrons. The maximum atomic E-state index is 13.3. The van der Waals surface area contributed by atoms with Gasteiger partial charge in [0, 0.05) is 20.1 Å². The Hall–Kier alpha value is -1.65. The van der Waals surface area contributed by atoms with Crippen molar-refractivity contribution in [3.05, 3.63) is 23.6 Å². The van der Waals surface area contributed by atoms with Crippen LogP contribution in [-0.2, 0) is 0 Å². The topological polar surface area (TPSA) is 45.2 Å². The standard InChI is InChI=1S/C14H20FN3O/c1-10-4-3-6-18(7-5-10)14(19)12-8-11(15)9-17-13(12)16-2/h8-10H,3-7H2,1-2H3,(H,16,17). The van der Waals surface area contributed by atoms with Crippen LogP contribution in [0.1, 0.15) is 36.5 Å². The van der Waals surface area contributed by atoms with E-state index < -0.39 is 5.82 Å². The fraction of sp³-hybridized carbons (Fsp3) is 0.571. The number of aromatic nitrogens is 1. The van der Waals surface area contributed by atoms with Gasteiger partial charge >= 0.3 is 0 Å². The summed E-state index contributed by atoms with van der Waals surface area (Å²) in [5.74, 6) is 0.465. The van der Waals surface area contributed by atoms with Gasteiger partial charge in [0.2, 0.25) is 0 Å². The van der Waals surface area contributed by atoms with Crippen molar-refractivity contribution >= 4 is 11.7 Å². The highest BCUT2D eigenvalue weighted by molar-refractivity contribution is 5.98.